The van der Waals surface area contributed by atoms with Gasteiger partial charge in [0, 0.05) is 25.2 Å². The Bertz CT molecular complexity index is 299. The molecule has 3 unspecified atom stereocenters. The molecular formula is C17H31NO2. The van der Waals surface area contributed by atoms with Crippen molar-refractivity contribution >= 4 is 0 Å². The van der Waals surface area contributed by atoms with Crippen LogP contribution in [0.1, 0.15) is 58.3 Å². The van der Waals surface area contributed by atoms with E-state index < -0.39 is 0 Å². The van der Waals surface area contributed by atoms with Gasteiger partial charge in [-0.2, -0.15) is 0 Å². The summed E-state index contributed by atoms with van der Waals surface area (Å²) < 4.78 is 11.9. The molecule has 0 amide bonds. The summed E-state index contributed by atoms with van der Waals surface area (Å²) >= 11 is 0. The van der Waals surface area contributed by atoms with Gasteiger partial charge in [0.05, 0.1) is 12.2 Å². The average Bonchev–Trinajstić information content (AvgIpc) is 3.00. The van der Waals surface area contributed by atoms with E-state index in [0.717, 1.165) is 32.2 Å². The molecule has 0 aromatic rings. The molecule has 1 aliphatic carbocycles. The maximum Gasteiger partial charge on any atom is 0.0672 e. The second-order valence-electron chi connectivity index (χ2n) is 7.05. The molecule has 0 bridgehead atoms. The Kier molecular flexibility index (Phi) is 5.00. The van der Waals surface area contributed by atoms with Crippen molar-refractivity contribution in [3.8, 4) is 0 Å². The summed E-state index contributed by atoms with van der Waals surface area (Å²) in [4.78, 5) is 0. The summed E-state index contributed by atoms with van der Waals surface area (Å²) in [6.45, 7) is 6.40. The molecule has 3 rings (SSSR count). The first kappa shape index (κ1) is 14.8. The van der Waals surface area contributed by atoms with Crippen LogP contribution in [0, 0.1) is 11.3 Å². The predicted molar refractivity (Wildman–Crippen MR) is 80.9 cm³/mol. The summed E-state index contributed by atoms with van der Waals surface area (Å²) in [7, 11) is 0. The molecule has 1 N–H and O–H groups in total. The Hall–Kier alpha value is -0.120. The van der Waals surface area contributed by atoms with Crippen LogP contribution in [0.2, 0.25) is 0 Å². The van der Waals surface area contributed by atoms with E-state index >= 15 is 0 Å². The SMILES string of the molecule is CCNCC1(CCCC2CCCO2)CCOC1C1CC1. The fraction of sp³-hybridized carbons (Fsp3) is 1.00. The lowest BCUT2D eigenvalue weighted by Gasteiger charge is -2.35. The van der Waals surface area contributed by atoms with E-state index in [1.807, 2.05) is 0 Å². The van der Waals surface area contributed by atoms with Crippen LogP contribution in [0.5, 0.6) is 0 Å². The molecular weight excluding hydrogens is 250 g/mol. The number of hydrogen-bond acceptors (Lipinski definition) is 3. The molecule has 0 aromatic carbocycles. The van der Waals surface area contributed by atoms with Crippen LogP contribution in [0.4, 0.5) is 0 Å². The summed E-state index contributed by atoms with van der Waals surface area (Å²) in [5.74, 6) is 0.860. The zero-order chi connectivity index (χ0) is 13.8. The maximum atomic E-state index is 6.14. The highest BCUT2D eigenvalue weighted by molar-refractivity contribution is 5.00. The monoisotopic (exact) mass is 281 g/mol. The zero-order valence-corrected chi connectivity index (χ0v) is 13.0. The molecule has 2 heterocycles. The molecule has 20 heavy (non-hydrogen) atoms. The van der Waals surface area contributed by atoms with Crippen molar-refractivity contribution in [2.45, 2.75) is 70.5 Å². The van der Waals surface area contributed by atoms with E-state index in [1.54, 1.807) is 0 Å². The normalized spacial score (nSPS) is 37.6. The minimum absolute atomic E-state index is 0.412. The van der Waals surface area contributed by atoms with Gasteiger partial charge in [0.2, 0.25) is 0 Å². The van der Waals surface area contributed by atoms with Gasteiger partial charge < -0.3 is 14.8 Å². The second kappa shape index (κ2) is 6.76. The van der Waals surface area contributed by atoms with Crippen molar-refractivity contribution < 1.29 is 9.47 Å². The smallest absolute Gasteiger partial charge is 0.0672 e. The predicted octanol–water partition coefficient (Wildman–Crippen LogP) is 3.13. The fourth-order valence-electron chi connectivity index (χ4n) is 4.22. The lowest BCUT2D eigenvalue weighted by Crippen LogP contribution is -2.42. The Morgan fingerprint density at radius 1 is 1.15 bits per heavy atom. The summed E-state index contributed by atoms with van der Waals surface area (Å²) in [5, 5.41) is 3.61. The van der Waals surface area contributed by atoms with Gasteiger partial charge in [0.15, 0.2) is 0 Å². The van der Waals surface area contributed by atoms with E-state index in [2.05, 4.69) is 12.2 Å². The Morgan fingerprint density at radius 2 is 2.05 bits per heavy atom. The molecule has 2 saturated heterocycles. The van der Waals surface area contributed by atoms with E-state index in [1.165, 1.54) is 51.4 Å². The molecule has 0 radical (unpaired) electrons. The highest BCUT2D eigenvalue weighted by atomic mass is 16.5. The molecule has 0 spiro atoms. The number of ether oxygens (including phenoxy) is 2. The molecule has 1 saturated carbocycles. The van der Waals surface area contributed by atoms with Crippen molar-refractivity contribution in [2.75, 3.05) is 26.3 Å². The van der Waals surface area contributed by atoms with E-state index in [9.17, 15) is 0 Å². The summed E-state index contributed by atoms with van der Waals surface area (Å²) in [6, 6.07) is 0. The topological polar surface area (TPSA) is 30.5 Å². The van der Waals surface area contributed by atoms with Crippen LogP contribution < -0.4 is 5.32 Å². The Labute approximate surface area is 123 Å². The van der Waals surface area contributed by atoms with E-state index in [0.29, 0.717) is 17.6 Å². The van der Waals surface area contributed by atoms with Crippen LogP contribution in [-0.2, 0) is 9.47 Å². The van der Waals surface area contributed by atoms with Crippen LogP contribution in [-0.4, -0.2) is 38.5 Å². The molecule has 3 fully saturated rings. The van der Waals surface area contributed by atoms with Crippen molar-refractivity contribution in [1.82, 2.24) is 5.32 Å². The van der Waals surface area contributed by atoms with Crippen LogP contribution in [0.15, 0.2) is 0 Å². The first-order valence-electron chi connectivity index (χ1n) is 8.78. The summed E-state index contributed by atoms with van der Waals surface area (Å²) in [5.41, 5.74) is 0.412. The van der Waals surface area contributed by atoms with Gasteiger partial charge >= 0.3 is 0 Å². The van der Waals surface area contributed by atoms with Crippen LogP contribution in [0.3, 0.4) is 0 Å². The standard InChI is InChI=1S/C17H31NO2/c1-2-18-13-17(9-3-5-15-6-4-11-19-15)10-12-20-16(17)14-7-8-14/h14-16,18H,2-13H2,1H3. The van der Waals surface area contributed by atoms with Gasteiger partial charge in [-0.05, 0) is 57.4 Å². The molecule has 3 atom stereocenters. The highest BCUT2D eigenvalue weighted by Gasteiger charge is 2.50. The Balaban J connectivity index is 1.53. The lowest BCUT2D eigenvalue weighted by molar-refractivity contribution is 0.0227. The first-order chi connectivity index (χ1) is 9.84. The third-order valence-electron chi connectivity index (χ3n) is 5.50. The minimum Gasteiger partial charge on any atom is -0.378 e. The summed E-state index contributed by atoms with van der Waals surface area (Å²) in [6.07, 6.45) is 11.6. The van der Waals surface area contributed by atoms with Crippen molar-refractivity contribution in [1.29, 1.82) is 0 Å². The van der Waals surface area contributed by atoms with Gasteiger partial charge in [-0.1, -0.05) is 13.3 Å². The van der Waals surface area contributed by atoms with Crippen molar-refractivity contribution in [3.63, 3.8) is 0 Å². The molecule has 0 aromatic heterocycles. The minimum atomic E-state index is 0.412. The molecule has 3 aliphatic rings. The van der Waals surface area contributed by atoms with Gasteiger partial charge in [0.25, 0.3) is 0 Å². The Morgan fingerprint density at radius 3 is 2.75 bits per heavy atom. The fourth-order valence-corrected chi connectivity index (χ4v) is 4.22. The molecule has 3 nitrogen and oxygen atoms in total. The van der Waals surface area contributed by atoms with Crippen molar-refractivity contribution in [3.05, 3.63) is 0 Å². The van der Waals surface area contributed by atoms with Gasteiger partial charge in [0.1, 0.15) is 0 Å². The van der Waals surface area contributed by atoms with Crippen molar-refractivity contribution in [2.24, 2.45) is 11.3 Å². The third kappa shape index (κ3) is 3.37. The average molecular weight is 281 g/mol. The van der Waals surface area contributed by atoms with Crippen LogP contribution >= 0.6 is 0 Å². The second-order valence-corrected chi connectivity index (χ2v) is 7.05. The van der Waals surface area contributed by atoms with Gasteiger partial charge in [-0.3, -0.25) is 0 Å². The van der Waals surface area contributed by atoms with Gasteiger partial charge in [-0.25, -0.2) is 0 Å². The number of rotatable bonds is 8. The van der Waals surface area contributed by atoms with E-state index in [-0.39, 0.29) is 0 Å². The molecule has 116 valence electrons. The zero-order valence-electron chi connectivity index (χ0n) is 13.0. The quantitative estimate of drug-likeness (QED) is 0.741. The highest BCUT2D eigenvalue weighted by Crippen LogP contribution is 2.50. The number of hydrogen-bond donors (Lipinski definition) is 1. The first-order valence-corrected chi connectivity index (χ1v) is 8.78. The molecule has 3 heteroatoms. The largest absolute Gasteiger partial charge is 0.378 e. The lowest BCUT2D eigenvalue weighted by atomic mass is 9.74. The number of nitrogens with one attached hydrogen (secondary N) is 1. The molecule has 2 aliphatic heterocycles. The van der Waals surface area contributed by atoms with E-state index in [4.69, 9.17) is 9.47 Å². The van der Waals surface area contributed by atoms with Crippen LogP contribution in [0.25, 0.3) is 0 Å². The third-order valence-corrected chi connectivity index (χ3v) is 5.50. The van der Waals surface area contributed by atoms with Gasteiger partial charge in [-0.15, -0.1) is 0 Å². The maximum absolute atomic E-state index is 6.14.